The fourth-order valence-electron chi connectivity index (χ4n) is 1.96. The molecule has 0 aromatic heterocycles. The molecule has 0 spiro atoms. The smallest absolute Gasteiger partial charge is 0.317 e. The molecule has 98 valence electrons. The molecule has 5 nitrogen and oxygen atoms in total. The number of urea groups is 1. The second-order valence-corrected chi connectivity index (χ2v) is 4.38. The number of carbonyl (C=O) groups excluding carboxylic acids is 1. The number of rotatable bonds is 4. The lowest BCUT2D eigenvalue weighted by Gasteiger charge is -2.18. The molecule has 2 N–H and O–H groups in total. The van der Waals surface area contributed by atoms with Crippen LogP contribution in [0.25, 0.3) is 0 Å². The van der Waals surface area contributed by atoms with Gasteiger partial charge in [0.2, 0.25) is 0 Å². The Balaban J connectivity index is 1.78. The van der Waals surface area contributed by atoms with Gasteiger partial charge in [0.15, 0.2) is 0 Å². The van der Waals surface area contributed by atoms with Gasteiger partial charge < -0.3 is 20.1 Å². The van der Waals surface area contributed by atoms with E-state index in [1.807, 2.05) is 24.3 Å². The van der Waals surface area contributed by atoms with E-state index in [9.17, 15) is 4.79 Å². The summed E-state index contributed by atoms with van der Waals surface area (Å²) in [7, 11) is 1.65. The van der Waals surface area contributed by atoms with Gasteiger partial charge in [-0.3, -0.25) is 0 Å². The Kier molecular flexibility index (Phi) is 4.04. The summed E-state index contributed by atoms with van der Waals surface area (Å²) in [6, 6.07) is 7.71. The summed E-state index contributed by atoms with van der Waals surface area (Å²) in [6.45, 7) is 0.774. The summed E-state index contributed by atoms with van der Waals surface area (Å²) in [5.41, 5.74) is 1.18. The van der Waals surface area contributed by atoms with Crippen molar-refractivity contribution in [1.29, 1.82) is 0 Å². The van der Waals surface area contributed by atoms with Crippen LogP contribution in [0.1, 0.15) is 5.56 Å². The van der Waals surface area contributed by atoms with Gasteiger partial charge in [-0.15, -0.1) is 0 Å². The molecule has 0 fully saturated rings. The molecular weight excluding hydrogens is 232 g/mol. The van der Waals surface area contributed by atoms with Crippen LogP contribution in [-0.2, 0) is 6.42 Å². The van der Waals surface area contributed by atoms with Crippen molar-refractivity contribution in [3.63, 3.8) is 0 Å². The Morgan fingerprint density at radius 3 is 3.06 bits per heavy atom. The van der Waals surface area contributed by atoms with Crippen molar-refractivity contribution in [2.75, 3.05) is 26.7 Å². The van der Waals surface area contributed by atoms with E-state index in [1.54, 1.807) is 7.05 Å². The van der Waals surface area contributed by atoms with Crippen LogP contribution in [0.2, 0.25) is 0 Å². The highest BCUT2D eigenvalue weighted by Gasteiger charge is 2.22. The number of hydrogen-bond donors (Lipinski definition) is 2. The van der Waals surface area contributed by atoms with E-state index >= 15 is 0 Å². The molecule has 0 saturated heterocycles. The van der Waals surface area contributed by atoms with Crippen LogP contribution < -0.4 is 10.1 Å². The highest BCUT2D eigenvalue weighted by Crippen LogP contribution is 2.27. The van der Waals surface area contributed by atoms with Crippen LogP contribution in [0.15, 0.2) is 24.3 Å². The average molecular weight is 250 g/mol. The number of hydrogen-bond acceptors (Lipinski definition) is 3. The predicted octanol–water partition coefficient (Wildman–Crippen LogP) is 0.624. The second-order valence-electron chi connectivity index (χ2n) is 4.38. The minimum absolute atomic E-state index is 0.00567. The number of aliphatic hydroxyl groups excluding tert-OH is 1. The van der Waals surface area contributed by atoms with Crippen molar-refractivity contribution >= 4 is 6.03 Å². The maximum atomic E-state index is 11.6. The molecule has 1 aliphatic rings. The molecule has 0 saturated carbocycles. The molecule has 18 heavy (non-hydrogen) atoms. The van der Waals surface area contributed by atoms with Crippen LogP contribution in [0.5, 0.6) is 5.75 Å². The Hall–Kier alpha value is -1.75. The van der Waals surface area contributed by atoms with Gasteiger partial charge in [-0.2, -0.15) is 0 Å². The molecule has 2 rings (SSSR count). The lowest BCUT2D eigenvalue weighted by Crippen LogP contribution is -2.42. The van der Waals surface area contributed by atoms with Crippen LogP contribution >= 0.6 is 0 Å². The number of nitrogens with zero attached hydrogens (tertiary/aromatic N) is 1. The van der Waals surface area contributed by atoms with Gasteiger partial charge in [0, 0.05) is 20.0 Å². The predicted molar refractivity (Wildman–Crippen MR) is 67.7 cm³/mol. The van der Waals surface area contributed by atoms with E-state index in [-0.39, 0.29) is 18.7 Å². The third-order valence-corrected chi connectivity index (χ3v) is 2.98. The molecule has 1 aromatic rings. The maximum Gasteiger partial charge on any atom is 0.317 e. The molecule has 1 aliphatic heterocycles. The minimum atomic E-state index is -0.191. The lowest BCUT2D eigenvalue weighted by atomic mass is 10.1. The van der Waals surface area contributed by atoms with Crippen molar-refractivity contribution in [3.8, 4) is 5.75 Å². The maximum absolute atomic E-state index is 11.6. The first-order valence-electron chi connectivity index (χ1n) is 6.05. The largest absolute Gasteiger partial charge is 0.488 e. The summed E-state index contributed by atoms with van der Waals surface area (Å²) in [5, 5.41) is 11.5. The molecule has 0 bridgehead atoms. The zero-order chi connectivity index (χ0) is 13.0. The number of carbonyl (C=O) groups is 1. The van der Waals surface area contributed by atoms with Gasteiger partial charge in [0.25, 0.3) is 0 Å². The summed E-state index contributed by atoms with van der Waals surface area (Å²) >= 11 is 0. The third-order valence-electron chi connectivity index (χ3n) is 2.98. The lowest BCUT2D eigenvalue weighted by molar-refractivity contribution is 0.180. The SMILES string of the molecule is CN(CCO)C(=O)NCC1Cc2ccccc2O1. The average Bonchev–Trinajstić information content (AvgIpc) is 2.78. The van der Waals surface area contributed by atoms with Crippen molar-refractivity contribution in [3.05, 3.63) is 29.8 Å². The number of likely N-dealkylation sites (N-methyl/N-ethyl adjacent to an activating group) is 1. The Labute approximate surface area is 106 Å². The normalized spacial score (nSPS) is 16.9. The van der Waals surface area contributed by atoms with Crippen molar-refractivity contribution in [2.45, 2.75) is 12.5 Å². The first kappa shape index (κ1) is 12.7. The van der Waals surface area contributed by atoms with Crippen molar-refractivity contribution in [2.24, 2.45) is 0 Å². The van der Waals surface area contributed by atoms with Crippen molar-refractivity contribution in [1.82, 2.24) is 10.2 Å². The molecule has 2 amide bonds. The van der Waals surface area contributed by atoms with E-state index < -0.39 is 0 Å². The quantitative estimate of drug-likeness (QED) is 0.823. The zero-order valence-corrected chi connectivity index (χ0v) is 10.4. The number of amides is 2. The zero-order valence-electron chi connectivity index (χ0n) is 10.4. The second kappa shape index (κ2) is 5.73. The van der Waals surface area contributed by atoms with E-state index in [2.05, 4.69) is 5.32 Å². The number of para-hydroxylation sites is 1. The number of fused-ring (bicyclic) bond motifs is 1. The number of aliphatic hydroxyl groups is 1. The number of ether oxygens (including phenoxy) is 1. The summed E-state index contributed by atoms with van der Waals surface area (Å²) < 4.78 is 5.71. The molecule has 1 aromatic carbocycles. The van der Waals surface area contributed by atoms with Gasteiger partial charge >= 0.3 is 6.03 Å². The fraction of sp³-hybridized carbons (Fsp3) is 0.462. The standard InChI is InChI=1S/C13H18N2O3/c1-15(6-7-16)13(17)14-9-11-8-10-4-2-3-5-12(10)18-11/h2-5,11,16H,6-9H2,1H3,(H,14,17). The molecule has 5 heteroatoms. The molecule has 1 atom stereocenters. The Morgan fingerprint density at radius 1 is 1.56 bits per heavy atom. The number of nitrogens with one attached hydrogen (secondary N) is 1. The fourth-order valence-corrected chi connectivity index (χ4v) is 1.96. The first-order valence-corrected chi connectivity index (χ1v) is 6.05. The van der Waals surface area contributed by atoms with Gasteiger partial charge in [-0.05, 0) is 11.6 Å². The summed E-state index contributed by atoms with van der Waals surface area (Å²) in [6.07, 6.45) is 0.814. The molecule has 0 aliphatic carbocycles. The minimum Gasteiger partial charge on any atom is -0.488 e. The van der Waals surface area contributed by atoms with Crippen molar-refractivity contribution < 1.29 is 14.6 Å². The van der Waals surface area contributed by atoms with E-state index in [4.69, 9.17) is 9.84 Å². The first-order chi connectivity index (χ1) is 8.70. The third kappa shape index (κ3) is 2.92. The van der Waals surface area contributed by atoms with E-state index in [0.29, 0.717) is 13.1 Å². The van der Waals surface area contributed by atoms with Crippen LogP contribution in [0.4, 0.5) is 4.79 Å². The van der Waals surface area contributed by atoms with Gasteiger partial charge in [0.05, 0.1) is 13.2 Å². The monoisotopic (exact) mass is 250 g/mol. The topological polar surface area (TPSA) is 61.8 Å². The van der Waals surface area contributed by atoms with Crippen LogP contribution in [-0.4, -0.2) is 48.9 Å². The van der Waals surface area contributed by atoms with Crippen LogP contribution in [0.3, 0.4) is 0 Å². The molecule has 1 heterocycles. The highest BCUT2D eigenvalue weighted by molar-refractivity contribution is 5.73. The van der Waals surface area contributed by atoms with Crippen LogP contribution in [0, 0.1) is 0 Å². The van der Waals surface area contributed by atoms with E-state index in [0.717, 1.165) is 12.2 Å². The molecule has 0 radical (unpaired) electrons. The Bertz CT molecular complexity index is 397. The Morgan fingerprint density at radius 2 is 2.33 bits per heavy atom. The van der Waals surface area contributed by atoms with Gasteiger partial charge in [0.1, 0.15) is 11.9 Å². The highest BCUT2D eigenvalue weighted by atomic mass is 16.5. The van der Waals surface area contributed by atoms with Gasteiger partial charge in [-0.1, -0.05) is 18.2 Å². The van der Waals surface area contributed by atoms with E-state index in [1.165, 1.54) is 10.5 Å². The molecule has 1 unspecified atom stereocenters. The summed E-state index contributed by atoms with van der Waals surface area (Å²) in [5.74, 6) is 0.903. The van der Waals surface area contributed by atoms with Gasteiger partial charge in [-0.25, -0.2) is 4.79 Å². The number of benzene rings is 1. The molecular formula is C13H18N2O3. The summed E-state index contributed by atoms with van der Waals surface area (Å²) in [4.78, 5) is 13.1.